The SMILES string of the molecule is CNC(C)CNS(=O)(=O)c1cccc(C)c1Cl. The van der Waals surface area contributed by atoms with Crippen molar-refractivity contribution in [2.45, 2.75) is 24.8 Å². The Balaban J connectivity index is 2.94. The average molecular weight is 277 g/mol. The zero-order valence-electron chi connectivity index (χ0n) is 10.1. The van der Waals surface area contributed by atoms with Gasteiger partial charge in [0.15, 0.2) is 0 Å². The highest BCUT2D eigenvalue weighted by molar-refractivity contribution is 7.89. The molecule has 0 aliphatic rings. The van der Waals surface area contributed by atoms with Crippen molar-refractivity contribution in [1.29, 1.82) is 0 Å². The molecule has 0 aliphatic heterocycles. The molecule has 0 fully saturated rings. The van der Waals surface area contributed by atoms with E-state index in [-0.39, 0.29) is 16.0 Å². The molecular weight excluding hydrogens is 260 g/mol. The summed E-state index contributed by atoms with van der Waals surface area (Å²) in [7, 11) is -1.76. The van der Waals surface area contributed by atoms with E-state index in [0.29, 0.717) is 6.54 Å². The fraction of sp³-hybridized carbons (Fsp3) is 0.455. The van der Waals surface area contributed by atoms with Crippen molar-refractivity contribution in [3.63, 3.8) is 0 Å². The number of aryl methyl sites for hydroxylation is 1. The van der Waals surface area contributed by atoms with Crippen molar-refractivity contribution in [2.24, 2.45) is 0 Å². The van der Waals surface area contributed by atoms with Gasteiger partial charge in [-0.25, -0.2) is 13.1 Å². The molecule has 1 atom stereocenters. The lowest BCUT2D eigenvalue weighted by Gasteiger charge is -2.13. The summed E-state index contributed by atoms with van der Waals surface area (Å²) in [6.45, 7) is 3.99. The molecule has 96 valence electrons. The van der Waals surface area contributed by atoms with Gasteiger partial charge in [-0.3, -0.25) is 0 Å². The van der Waals surface area contributed by atoms with E-state index in [2.05, 4.69) is 10.0 Å². The summed E-state index contributed by atoms with van der Waals surface area (Å²) < 4.78 is 26.5. The first kappa shape index (κ1) is 14.4. The van der Waals surface area contributed by atoms with Crippen molar-refractivity contribution in [1.82, 2.24) is 10.0 Å². The van der Waals surface area contributed by atoms with E-state index < -0.39 is 10.0 Å². The normalized spacial score (nSPS) is 13.6. The first-order valence-corrected chi connectivity index (χ1v) is 7.16. The number of rotatable bonds is 5. The molecular formula is C11H17ClN2O2S. The first-order chi connectivity index (χ1) is 7.88. The smallest absolute Gasteiger partial charge is 0.242 e. The lowest BCUT2D eigenvalue weighted by molar-refractivity contribution is 0.554. The van der Waals surface area contributed by atoms with E-state index in [1.165, 1.54) is 6.07 Å². The number of sulfonamides is 1. The molecule has 2 N–H and O–H groups in total. The minimum absolute atomic E-state index is 0.0633. The molecule has 0 radical (unpaired) electrons. The summed E-state index contributed by atoms with van der Waals surface area (Å²) in [5, 5.41) is 3.23. The van der Waals surface area contributed by atoms with Crippen LogP contribution in [0.25, 0.3) is 0 Å². The fourth-order valence-electron chi connectivity index (χ4n) is 1.24. The Morgan fingerprint density at radius 2 is 2.06 bits per heavy atom. The molecule has 0 saturated heterocycles. The van der Waals surface area contributed by atoms with Crippen LogP contribution in [0.2, 0.25) is 5.02 Å². The quantitative estimate of drug-likeness (QED) is 0.858. The molecule has 17 heavy (non-hydrogen) atoms. The largest absolute Gasteiger partial charge is 0.316 e. The van der Waals surface area contributed by atoms with Crippen molar-refractivity contribution >= 4 is 21.6 Å². The Kier molecular flexibility index (Phi) is 4.94. The van der Waals surface area contributed by atoms with Crippen LogP contribution in [0.3, 0.4) is 0 Å². The average Bonchev–Trinajstić information content (AvgIpc) is 2.29. The Hall–Kier alpha value is -0.620. The number of halogens is 1. The Labute approximate surface area is 107 Å². The predicted molar refractivity (Wildman–Crippen MR) is 69.9 cm³/mol. The summed E-state index contributed by atoms with van der Waals surface area (Å²) in [5.41, 5.74) is 0.746. The zero-order chi connectivity index (χ0) is 13.1. The predicted octanol–water partition coefficient (Wildman–Crippen LogP) is 1.53. The molecule has 0 heterocycles. The Morgan fingerprint density at radius 1 is 1.41 bits per heavy atom. The third-order valence-electron chi connectivity index (χ3n) is 2.52. The minimum atomic E-state index is -3.54. The van der Waals surface area contributed by atoms with Gasteiger partial charge in [-0.15, -0.1) is 0 Å². The van der Waals surface area contributed by atoms with Crippen molar-refractivity contribution in [3.8, 4) is 0 Å². The lowest BCUT2D eigenvalue weighted by Crippen LogP contribution is -2.37. The van der Waals surface area contributed by atoms with Gasteiger partial charge in [-0.05, 0) is 32.5 Å². The molecule has 0 spiro atoms. The highest BCUT2D eigenvalue weighted by atomic mass is 35.5. The molecule has 1 rings (SSSR count). The maximum atomic E-state index is 12.0. The number of likely N-dealkylation sites (N-methyl/N-ethyl adjacent to an activating group) is 1. The van der Waals surface area contributed by atoms with E-state index in [4.69, 9.17) is 11.6 Å². The second-order valence-corrected chi connectivity index (χ2v) is 6.04. The van der Waals surface area contributed by atoms with Gasteiger partial charge in [-0.1, -0.05) is 23.7 Å². The minimum Gasteiger partial charge on any atom is -0.316 e. The van der Waals surface area contributed by atoms with E-state index >= 15 is 0 Å². The maximum absolute atomic E-state index is 12.0. The lowest BCUT2D eigenvalue weighted by atomic mass is 10.2. The maximum Gasteiger partial charge on any atom is 0.242 e. The van der Waals surface area contributed by atoms with Crippen molar-refractivity contribution in [2.75, 3.05) is 13.6 Å². The summed E-state index contributed by atoms with van der Waals surface area (Å²) >= 11 is 5.99. The van der Waals surface area contributed by atoms with Crippen LogP contribution in [-0.4, -0.2) is 28.1 Å². The Bertz CT molecular complexity index is 488. The highest BCUT2D eigenvalue weighted by Gasteiger charge is 2.18. The molecule has 1 aromatic rings. The Morgan fingerprint density at radius 3 is 2.65 bits per heavy atom. The monoisotopic (exact) mass is 276 g/mol. The summed E-state index contributed by atoms with van der Waals surface area (Å²) in [6.07, 6.45) is 0. The van der Waals surface area contributed by atoms with Gasteiger partial charge in [0.25, 0.3) is 0 Å². The number of hydrogen-bond donors (Lipinski definition) is 2. The molecule has 1 aromatic carbocycles. The number of benzene rings is 1. The van der Waals surface area contributed by atoms with Crippen LogP contribution >= 0.6 is 11.6 Å². The van der Waals surface area contributed by atoms with E-state index in [1.54, 1.807) is 26.1 Å². The summed E-state index contributed by atoms with van der Waals surface area (Å²) in [6, 6.07) is 5.02. The van der Waals surface area contributed by atoms with Gasteiger partial charge in [0.1, 0.15) is 4.90 Å². The van der Waals surface area contributed by atoms with Crippen LogP contribution < -0.4 is 10.0 Å². The summed E-state index contributed by atoms with van der Waals surface area (Å²) in [5.74, 6) is 0. The van der Waals surface area contributed by atoms with Gasteiger partial charge in [0, 0.05) is 12.6 Å². The van der Waals surface area contributed by atoms with Crippen LogP contribution in [0.15, 0.2) is 23.1 Å². The molecule has 6 heteroatoms. The highest BCUT2D eigenvalue weighted by Crippen LogP contribution is 2.24. The number of nitrogens with one attached hydrogen (secondary N) is 2. The van der Waals surface area contributed by atoms with Crippen LogP contribution in [0.1, 0.15) is 12.5 Å². The summed E-state index contributed by atoms with van der Waals surface area (Å²) in [4.78, 5) is 0.127. The van der Waals surface area contributed by atoms with Crippen LogP contribution in [0, 0.1) is 6.92 Å². The molecule has 0 saturated carbocycles. The topological polar surface area (TPSA) is 58.2 Å². The second kappa shape index (κ2) is 5.82. The first-order valence-electron chi connectivity index (χ1n) is 5.30. The van der Waals surface area contributed by atoms with Gasteiger partial charge < -0.3 is 5.32 Å². The standard InChI is InChI=1S/C11H17ClN2O2S/c1-8-5-4-6-10(11(8)12)17(15,16)14-7-9(2)13-3/h4-6,9,13-14H,7H2,1-3H3. The molecule has 0 bridgehead atoms. The van der Waals surface area contributed by atoms with Gasteiger partial charge in [0.05, 0.1) is 5.02 Å². The van der Waals surface area contributed by atoms with Crippen LogP contribution in [0.4, 0.5) is 0 Å². The molecule has 4 nitrogen and oxygen atoms in total. The third kappa shape index (κ3) is 3.67. The molecule has 1 unspecified atom stereocenters. The van der Waals surface area contributed by atoms with Crippen molar-refractivity contribution < 1.29 is 8.42 Å². The van der Waals surface area contributed by atoms with Gasteiger partial charge in [0.2, 0.25) is 10.0 Å². The zero-order valence-corrected chi connectivity index (χ0v) is 11.7. The second-order valence-electron chi connectivity index (χ2n) is 3.93. The molecule has 0 aliphatic carbocycles. The van der Waals surface area contributed by atoms with E-state index in [1.807, 2.05) is 6.92 Å². The van der Waals surface area contributed by atoms with E-state index in [9.17, 15) is 8.42 Å². The third-order valence-corrected chi connectivity index (χ3v) is 4.60. The van der Waals surface area contributed by atoms with Gasteiger partial charge in [-0.2, -0.15) is 0 Å². The van der Waals surface area contributed by atoms with Crippen molar-refractivity contribution in [3.05, 3.63) is 28.8 Å². The molecule has 0 amide bonds. The van der Waals surface area contributed by atoms with Gasteiger partial charge >= 0.3 is 0 Å². The number of hydrogen-bond acceptors (Lipinski definition) is 3. The molecule has 0 aromatic heterocycles. The van der Waals surface area contributed by atoms with E-state index in [0.717, 1.165) is 5.56 Å². The fourth-order valence-corrected chi connectivity index (χ4v) is 2.95. The van der Waals surface area contributed by atoms with Crippen LogP contribution in [0.5, 0.6) is 0 Å². The van der Waals surface area contributed by atoms with Crippen LogP contribution in [-0.2, 0) is 10.0 Å².